The fourth-order valence-corrected chi connectivity index (χ4v) is 5.05. The molecule has 0 bridgehead atoms. The molecule has 1 aromatic heterocycles. The van der Waals surface area contributed by atoms with Gasteiger partial charge in [0.25, 0.3) is 0 Å². The van der Waals surface area contributed by atoms with Crippen LogP contribution in [0.4, 0.5) is 10.5 Å². The lowest BCUT2D eigenvalue weighted by Gasteiger charge is -2.21. The van der Waals surface area contributed by atoms with Crippen molar-refractivity contribution in [2.24, 2.45) is 0 Å². The standard InChI is InChI=1S/C31H30Cl2N2O5/c1-5-39-29(37)28-21(16-24(36)20-14-10-7-11-15-20)25-23(35(28)30(38)40-31(2,3)4)17-22(32)27(26(25)33)34-18-19-12-8-6-9-13-19/h6-15,17,34H,5,16,18H2,1-4H3. The van der Waals surface area contributed by atoms with Crippen LogP contribution in [0.5, 0.6) is 0 Å². The molecule has 3 aromatic carbocycles. The first kappa shape index (κ1) is 29.2. The van der Waals surface area contributed by atoms with Crippen molar-refractivity contribution in [1.82, 2.24) is 4.57 Å². The third kappa shape index (κ3) is 6.32. The lowest BCUT2D eigenvalue weighted by atomic mass is 10.00. The number of anilines is 1. The van der Waals surface area contributed by atoms with E-state index in [0.29, 0.717) is 23.2 Å². The minimum atomic E-state index is -0.871. The Labute approximate surface area is 243 Å². The highest BCUT2D eigenvalue weighted by atomic mass is 35.5. The summed E-state index contributed by atoms with van der Waals surface area (Å²) in [7, 11) is 0. The third-order valence-corrected chi connectivity index (χ3v) is 6.72. The van der Waals surface area contributed by atoms with Gasteiger partial charge in [-0.05, 0) is 39.3 Å². The van der Waals surface area contributed by atoms with Crippen molar-refractivity contribution in [1.29, 1.82) is 0 Å². The van der Waals surface area contributed by atoms with Crippen LogP contribution in [0.3, 0.4) is 0 Å². The Hall–Kier alpha value is -3.81. The third-order valence-electron chi connectivity index (χ3n) is 6.04. The number of benzene rings is 3. The highest BCUT2D eigenvalue weighted by molar-refractivity contribution is 6.43. The number of carbonyl (C=O) groups is 3. The molecule has 0 atom stereocenters. The molecule has 1 heterocycles. The maximum Gasteiger partial charge on any atom is 0.419 e. The number of nitrogens with zero attached hydrogens (tertiary/aromatic N) is 1. The molecule has 4 rings (SSSR count). The second kappa shape index (κ2) is 12.1. The van der Waals surface area contributed by atoms with Crippen LogP contribution in [0.2, 0.25) is 10.0 Å². The van der Waals surface area contributed by atoms with Crippen molar-refractivity contribution >= 4 is 57.6 Å². The number of ketones is 1. The molecule has 0 amide bonds. The molecular formula is C31H30Cl2N2O5. The minimum Gasteiger partial charge on any atom is -0.461 e. The Morgan fingerprint density at radius 2 is 1.57 bits per heavy atom. The number of aromatic nitrogens is 1. The van der Waals surface area contributed by atoms with E-state index >= 15 is 0 Å². The molecular weight excluding hydrogens is 551 g/mol. The van der Waals surface area contributed by atoms with Gasteiger partial charge in [0.1, 0.15) is 11.3 Å². The molecule has 40 heavy (non-hydrogen) atoms. The Morgan fingerprint density at radius 3 is 2.17 bits per heavy atom. The summed E-state index contributed by atoms with van der Waals surface area (Å²) >= 11 is 13.7. The van der Waals surface area contributed by atoms with Crippen molar-refractivity contribution in [2.75, 3.05) is 11.9 Å². The van der Waals surface area contributed by atoms with Gasteiger partial charge in [0.05, 0.1) is 27.9 Å². The van der Waals surface area contributed by atoms with Crippen molar-refractivity contribution in [3.8, 4) is 0 Å². The fourth-order valence-electron chi connectivity index (χ4n) is 4.36. The Bertz CT molecular complexity index is 1560. The summed E-state index contributed by atoms with van der Waals surface area (Å²) in [5.41, 5.74) is 1.32. The van der Waals surface area contributed by atoms with Crippen LogP contribution in [0.15, 0.2) is 66.7 Å². The summed E-state index contributed by atoms with van der Waals surface area (Å²) in [4.78, 5) is 40.3. The molecule has 0 spiro atoms. The maximum atomic E-state index is 13.5. The molecule has 0 saturated carbocycles. The first-order valence-electron chi connectivity index (χ1n) is 12.8. The number of carbonyl (C=O) groups excluding carboxylic acids is 3. The second-order valence-corrected chi connectivity index (χ2v) is 10.9. The summed E-state index contributed by atoms with van der Waals surface area (Å²) in [6.07, 6.45) is -1.04. The van der Waals surface area contributed by atoms with Crippen LogP contribution in [0.25, 0.3) is 10.9 Å². The number of ether oxygens (including phenoxy) is 2. The van der Waals surface area contributed by atoms with E-state index in [4.69, 9.17) is 32.7 Å². The zero-order valence-corrected chi connectivity index (χ0v) is 24.2. The number of esters is 1. The molecule has 0 aliphatic rings. The van der Waals surface area contributed by atoms with E-state index in [1.165, 1.54) is 0 Å². The Morgan fingerprint density at radius 1 is 0.950 bits per heavy atom. The van der Waals surface area contributed by atoms with Gasteiger partial charge in [-0.1, -0.05) is 83.9 Å². The van der Waals surface area contributed by atoms with Gasteiger partial charge in [-0.3, -0.25) is 4.79 Å². The number of hydrogen-bond donors (Lipinski definition) is 1. The van der Waals surface area contributed by atoms with Crippen LogP contribution in [0.1, 0.15) is 59.7 Å². The van der Waals surface area contributed by atoms with Gasteiger partial charge < -0.3 is 14.8 Å². The first-order valence-corrected chi connectivity index (χ1v) is 13.6. The zero-order valence-electron chi connectivity index (χ0n) is 22.7. The molecule has 208 valence electrons. The predicted molar refractivity (Wildman–Crippen MR) is 158 cm³/mol. The van der Waals surface area contributed by atoms with Gasteiger partial charge in [0.2, 0.25) is 0 Å². The lowest BCUT2D eigenvalue weighted by molar-refractivity contribution is 0.0452. The Balaban J connectivity index is 1.97. The van der Waals surface area contributed by atoms with E-state index in [9.17, 15) is 14.4 Å². The summed E-state index contributed by atoms with van der Waals surface area (Å²) in [6.45, 7) is 7.27. The van der Waals surface area contributed by atoms with Crippen LogP contribution in [-0.2, 0) is 22.4 Å². The van der Waals surface area contributed by atoms with Gasteiger partial charge >= 0.3 is 12.1 Å². The molecule has 0 saturated heterocycles. The fraction of sp³-hybridized carbons (Fsp3) is 0.258. The van der Waals surface area contributed by atoms with Gasteiger partial charge in [-0.25, -0.2) is 14.2 Å². The first-order chi connectivity index (χ1) is 19.0. The molecule has 0 unspecified atom stereocenters. The average Bonchev–Trinajstić information content (AvgIpc) is 3.22. The summed E-state index contributed by atoms with van der Waals surface area (Å²) in [6, 6.07) is 19.9. The Kier molecular flexibility index (Phi) is 8.86. The molecule has 0 aliphatic carbocycles. The number of rotatable bonds is 8. The highest BCUT2D eigenvalue weighted by Gasteiger charge is 2.33. The monoisotopic (exact) mass is 580 g/mol. The average molecular weight is 581 g/mol. The summed E-state index contributed by atoms with van der Waals surface area (Å²) in [5, 5.41) is 3.99. The van der Waals surface area contributed by atoms with Crippen molar-refractivity contribution in [2.45, 2.75) is 46.3 Å². The normalized spacial score (nSPS) is 11.3. The quantitative estimate of drug-likeness (QED) is 0.168. The van der Waals surface area contributed by atoms with Crippen LogP contribution >= 0.6 is 23.2 Å². The van der Waals surface area contributed by atoms with Crippen LogP contribution in [-0.4, -0.2) is 34.6 Å². The van der Waals surface area contributed by atoms with Crippen LogP contribution in [0, 0.1) is 0 Å². The van der Waals surface area contributed by atoms with Gasteiger partial charge in [0, 0.05) is 29.5 Å². The zero-order chi connectivity index (χ0) is 29.0. The molecule has 9 heteroatoms. The SMILES string of the molecule is CCOC(=O)c1c(CC(=O)c2ccccc2)c2c(Cl)c(NCc3ccccc3)c(Cl)cc2n1C(=O)OC(C)(C)C. The lowest BCUT2D eigenvalue weighted by Crippen LogP contribution is -2.29. The number of halogens is 2. The number of fused-ring (bicyclic) bond motifs is 1. The molecule has 0 fully saturated rings. The van der Waals surface area contributed by atoms with E-state index in [2.05, 4.69) is 5.32 Å². The van der Waals surface area contributed by atoms with E-state index in [0.717, 1.165) is 10.1 Å². The van der Waals surface area contributed by atoms with E-state index in [1.54, 1.807) is 64.1 Å². The minimum absolute atomic E-state index is 0.0547. The molecule has 0 radical (unpaired) electrons. The molecule has 0 aliphatic heterocycles. The highest BCUT2D eigenvalue weighted by Crippen LogP contribution is 2.42. The van der Waals surface area contributed by atoms with E-state index in [-0.39, 0.29) is 45.6 Å². The second-order valence-electron chi connectivity index (χ2n) is 10.1. The smallest absolute Gasteiger partial charge is 0.419 e. The number of hydrogen-bond acceptors (Lipinski definition) is 6. The van der Waals surface area contributed by atoms with Crippen molar-refractivity contribution in [3.05, 3.63) is 99.2 Å². The maximum absolute atomic E-state index is 13.5. The van der Waals surface area contributed by atoms with Gasteiger partial charge in [-0.2, -0.15) is 0 Å². The summed E-state index contributed by atoms with van der Waals surface area (Å²) in [5.74, 6) is -1.05. The number of nitrogens with one attached hydrogen (secondary N) is 1. The van der Waals surface area contributed by atoms with Gasteiger partial charge in [0.15, 0.2) is 5.78 Å². The van der Waals surface area contributed by atoms with Crippen molar-refractivity contribution < 1.29 is 23.9 Å². The van der Waals surface area contributed by atoms with Gasteiger partial charge in [-0.15, -0.1) is 0 Å². The summed E-state index contributed by atoms with van der Waals surface area (Å²) < 4.78 is 12.1. The molecule has 4 aromatic rings. The van der Waals surface area contributed by atoms with E-state index < -0.39 is 17.7 Å². The van der Waals surface area contributed by atoms with E-state index in [1.807, 2.05) is 30.3 Å². The predicted octanol–water partition coefficient (Wildman–Crippen LogP) is 7.95. The van der Waals surface area contributed by atoms with Crippen molar-refractivity contribution in [3.63, 3.8) is 0 Å². The topological polar surface area (TPSA) is 86.6 Å². The van der Waals surface area contributed by atoms with Crippen LogP contribution < -0.4 is 5.32 Å². The molecule has 7 nitrogen and oxygen atoms in total. The number of Topliss-reactive ketones (excluding diaryl/α,β-unsaturated/α-hetero) is 1. The largest absolute Gasteiger partial charge is 0.461 e. The molecule has 1 N–H and O–H groups in total.